The molecule has 0 radical (unpaired) electrons. The highest BCUT2D eigenvalue weighted by Crippen LogP contribution is 2.39. The third kappa shape index (κ3) is 3.57. The molecule has 1 aliphatic heterocycles. The molecule has 3 aromatic rings. The van der Waals surface area contributed by atoms with Crippen LogP contribution in [0.25, 0.3) is 10.9 Å². The smallest absolute Gasteiger partial charge is 0.258 e. The maximum Gasteiger partial charge on any atom is 0.258 e. The summed E-state index contributed by atoms with van der Waals surface area (Å²) in [4.78, 5) is 22.3. The van der Waals surface area contributed by atoms with Crippen molar-refractivity contribution < 1.29 is 9.47 Å². The summed E-state index contributed by atoms with van der Waals surface area (Å²) in [5.41, 5.74) is 1.55. The van der Waals surface area contributed by atoms with Crippen LogP contribution >= 0.6 is 11.6 Å². The molecule has 0 aliphatic carbocycles. The van der Waals surface area contributed by atoms with E-state index in [1.165, 1.54) is 0 Å². The van der Waals surface area contributed by atoms with Crippen LogP contribution in [0.2, 0.25) is 5.02 Å². The van der Waals surface area contributed by atoms with Crippen LogP contribution in [-0.4, -0.2) is 35.6 Å². The van der Waals surface area contributed by atoms with Gasteiger partial charge in [0.1, 0.15) is 17.3 Å². The first kappa shape index (κ1) is 18.8. The molecule has 1 N–H and O–H groups in total. The van der Waals surface area contributed by atoms with Crippen LogP contribution in [0.15, 0.2) is 41.2 Å². The molecule has 0 saturated carbocycles. The van der Waals surface area contributed by atoms with Gasteiger partial charge >= 0.3 is 0 Å². The van der Waals surface area contributed by atoms with Gasteiger partial charge in [0.15, 0.2) is 0 Å². The molecule has 7 heteroatoms. The molecule has 4 rings (SSSR count). The van der Waals surface area contributed by atoms with E-state index in [0.717, 1.165) is 36.4 Å². The molecule has 0 amide bonds. The van der Waals surface area contributed by atoms with E-state index < -0.39 is 0 Å². The summed E-state index contributed by atoms with van der Waals surface area (Å²) in [5.74, 6) is 2.27. The highest BCUT2D eigenvalue weighted by Gasteiger charge is 2.29. The van der Waals surface area contributed by atoms with Crippen molar-refractivity contribution in [1.82, 2.24) is 14.9 Å². The fourth-order valence-corrected chi connectivity index (χ4v) is 4.06. The van der Waals surface area contributed by atoms with Crippen molar-refractivity contribution in [2.75, 3.05) is 20.8 Å². The Morgan fingerprint density at radius 1 is 1.21 bits per heavy atom. The van der Waals surface area contributed by atoms with E-state index in [9.17, 15) is 4.79 Å². The summed E-state index contributed by atoms with van der Waals surface area (Å²) in [7, 11) is 3.34. The number of hydrogen-bond donors (Lipinski definition) is 1. The molecule has 28 heavy (non-hydrogen) atoms. The minimum atomic E-state index is -0.147. The summed E-state index contributed by atoms with van der Waals surface area (Å²) in [6, 6.07) is 11.2. The molecule has 1 aliphatic rings. The zero-order valence-corrected chi connectivity index (χ0v) is 16.6. The standard InChI is InChI=1S/C21H22ClN3O3/c1-27-14-6-8-19(28-2)16(11-14)18-4-3-9-25(18)12-20-23-17-10-13(22)5-7-15(17)21(26)24-20/h5-8,10-11,18H,3-4,9,12H2,1-2H3,(H,23,24,26)/t18-/m0/s1. The fourth-order valence-electron chi connectivity index (χ4n) is 3.90. The van der Waals surface area contributed by atoms with Crippen LogP contribution in [0, 0.1) is 0 Å². The van der Waals surface area contributed by atoms with Crippen LogP contribution in [0.4, 0.5) is 0 Å². The predicted octanol–water partition coefficient (Wildman–Crippen LogP) is 3.93. The average Bonchev–Trinajstić information content (AvgIpc) is 3.15. The number of benzene rings is 2. The second-order valence-electron chi connectivity index (χ2n) is 6.91. The quantitative estimate of drug-likeness (QED) is 0.704. The van der Waals surface area contributed by atoms with Crippen molar-refractivity contribution in [3.05, 3.63) is 63.2 Å². The van der Waals surface area contributed by atoms with Gasteiger partial charge in [-0.2, -0.15) is 0 Å². The number of nitrogens with zero attached hydrogens (tertiary/aromatic N) is 2. The Morgan fingerprint density at radius 3 is 2.86 bits per heavy atom. The first-order valence-corrected chi connectivity index (χ1v) is 9.61. The number of methoxy groups -OCH3 is 2. The Bertz CT molecular complexity index is 1070. The van der Waals surface area contributed by atoms with E-state index >= 15 is 0 Å². The van der Waals surface area contributed by atoms with Gasteiger partial charge in [0.2, 0.25) is 0 Å². The summed E-state index contributed by atoms with van der Waals surface area (Å²) in [6.07, 6.45) is 2.07. The Hall–Kier alpha value is -2.57. The van der Waals surface area contributed by atoms with Gasteiger partial charge in [-0.05, 0) is 55.8 Å². The lowest BCUT2D eigenvalue weighted by Crippen LogP contribution is -2.26. The maximum absolute atomic E-state index is 12.4. The van der Waals surface area contributed by atoms with Gasteiger partial charge in [0.05, 0.1) is 31.7 Å². The number of aromatic nitrogens is 2. The molecular weight excluding hydrogens is 378 g/mol. The van der Waals surface area contributed by atoms with Crippen LogP contribution < -0.4 is 15.0 Å². The molecule has 0 spiro atoms. The maximum atomic E-state index is 12.4. The molecule has 2 heterocycles. The molecule has 0 bridgehead atoms. The molecule has 2 aromatic carbocycles. The number of fused-ring (bicyclic) bond motifs is 1. The van der Waals surface area contributed by atoms with Crippen molar-refractivity contribution in [3.8, 4) is 11.5 Å². The van der Waals surface area contributed by atoms with Crippen LogP contribution in [-0.2, 0) is 6.54 Å². The van der Waals surface area contributed by atoms with Crippen LogP contribution in [0.1, 0.15) is 30.3 Å². The molecular formula is C21H22ClN3O3. The second-order valence-corrected chi connectivity index (χ2v) is 7.35. The van der Waals surface area contributed by atoms with Gasteiger partial charge in [0.25, 0.3) is 5.56 Å². The van der Waals surface area contributed by atoms with Gasteiger partial charge < -0.3 is 14.5 Å². The van der Waals surface area contributed by atoms with Gasteiger partial charge in [-0.15, -0.1) is 0 Å². The zero-order chi connectivity index (χ0) is 19.7. The number of halogens is 1. The fraction of sp³-hybridized carbons (Fsp3) is 0.333. The minimum absolute atomic E-state index is 0.147. The first-order valence-electron chi connectivity index (χ1n) is 9.23. The van der Waals surface area contributed by atoms with Crippen LogP contribution in [0.5, 0.6) is 11.5 Å². The monoisotopic (exact) mass is 399 g/mol. The Balaban J connectivity index is 1.67. The number of nitrogens with one attached hydrogen (secondary N) is 1. The molecule has 1 saturated heterocycles. The number of ether oxygens (including phenoxy) is 2. The summed E-state index contributed by atoms with van der Waals surface area (Å²) >= 11 is 6.07. The molecule has 0 unspecified atom stereocenters. The molecule has 1 aromatic heterocycles. The van der Waals surface area contributed by atoms with Crippen molar-refractivity contribution in [3.63, 3.8) is 0 Å². The van der Waals surface area contributed by atoms with E-state index in [-0.39, 0.29) is 11.6 Å². The van der Waals surface area contributed by atoms with Crippen molar-refractivity contribution >= 4 is 22.5 Å². The number of hydrogen-bond acceptors (Lipinski definition) is 5. The molecule has 6 nitrogen and oxygen atoms in total. The number of aromatic amines is 1. The van der Waals surface area contributed by atoms with E-state index in [1.54, 1.807) is 32.4 Å². The predicted molar refractivity (Wildman–Crippen MR) is 109 cm³/mol. The van der Waals surface area contributed by atoms with Crippen molar-refractivity contribution in [1.29, 1.82) is 0 Å². The van der Waals surface area contributed by atoms with Gasteiger partial charge in [0, 0.05) is 16.6 Å². The van der Waals surface area contributed by atoms with Gasteiger partial charge in [-0.25, -0.2) is 4.98 Å². The lowest BCUT2D eigenvalue weighted by Gasteiger charge is -2.26. The van der Waals surface area contributed by atoms with E-state index in [2.05, 4.69) is 14.9 Å². The Kier molecular flexibility index (Phi) is 5.24. The third-order valence-electron chi connectivity index (χ3n) is 5.23. The number of H-pyrrole nitrogens is 1. The van der Waals surface area contributed by atoms with Gasteiger partial charge in [-0.3, -0.25) is 9.69 Å². The van der Waals surface area contributed by atoms with Gasteiger partial charge in [-0.1, -0.05) is 11.6 Å². The topological polar surface area (TPSA) is 67.5 Å². The first-order chi connectivity index (χ1) is 13.6. The van der Waals surface area contributed by atoms with Crippen molar-refractivity contribution in [2.45, 2.75) is 25.4 Å². The average molecular weight is 400 g/mol. The SMILES string of the molecule is COc1ccc(OC)c([C@@H]2CCCN2Cc2nc3cc(Cl)ccc3c(=O)[nH]2)c1. The molecule has 146 valence electrons. The van der Waals surface area contributed by atoms with Crippen molar-refractivity contribution in [2.24, 2.45) is 0 Å². The number of rotatable bonds is 5. The zero-order valence-electron chi connectivity index (χ0n) is 15.9. The van der Waals surface area contributed by atoms with Crippen LogP contribution in [0.3, 0.4) is 0 Å². The molecule has 1 fully saturated rings. The lowest BCUT2D eigenvalue weighted by molar-refractivity contribution is 0.236. The lowest BCUT2D eigenvalue weighted by atomic mass is 10.0. The molecule has 1 atom stereocenters. The minimum Gasteiger partial charge on any atom is -0.497 e. The number of likely N-dealkylation sites (tertiary alicyclic amines) is 1. The normalized spacial score (nSPS) is 17.2. The summed E-state index contributed by atoms with van der Waals surface area (Å²) in [5, 5.41) is 1.11. The van der Waals surface area contributed by atoms with E-state index in [0.29, 0.717) is 28.3 Å². The highest BCUT2D eigenvalue weighted by molar-refractivity contribution is 6.31. The summed E-state index contributed by atoms with van der Waals surface area (Å²) in [6.45, 7) is 1.46. The summed E-state index contributed by atoms with van der Waals surface area (Å²) < 4.78 is 11.0. The van der Waals surface area contributed by atoms with E-state index in [1.807, 2.05) is 18.2 Å². The Labute approximate surface area is 168 Å². The van der Waals surface area contributed by atoms with E-state index in [4.69, 9.17) is 21.1 Å². The Morgan fingerprint density at radius 2 is 2.07 bits per heavy atom. The highest BCUT2D eigenvalue weighted by atomic mass is 35.5. The largest absolute Gasteiger partial charge is 0.497 e. The second kappa shape index (κ2) is 7.81. The third-order valence-corrected chi connectivity index (χ3v) is 5.47.